The molecule has 5 heteroatoms. The van der Waals surface area contributed by atoms with E-state index in [1.807, 2.05) is 54.7 Å². The second-order valence-electron chi connectivity index (χ2n) is 7.40. The molecule has 2 aromatic heterocycles. The van der Waals surface area contributed by atoms with Crippen LogP contribution in [0.4, 0.5) is 5.69 Å². The molecule has 0 amide bonds. The van der Waals surface area contributed by atoms with Crippen molar-refractivity contribution in [2.75, 3.05) is 4.90 Å². The van der Waals surface area contributed by atoms with Crippen LogP contribution in [0.2, 0.25) is 0 Å². The van der Waals surface area contributed by atoms with Crippen LogP contribution < -0.4 is 10.2 Å². The molecule has 2 atom stereocenters. The van der Waals surface area contributed by atoms with E-state index >= 15 is 0 Å². The summed E-state index contributed by atoms with van der Waals surface area (Å²) in [5.41, 5.74) is 4.19. The Bertz CT molecular complexity index is 1170. The number of nitrogens with one attached hydrogen (secondary N) is 1. The third-order valence-corrected chi connectivity index (χ3v) is 5.67. The Hall–Kier alpha value is -3.44. The molecule has 4 nitrogen and oxygen atoms in total. The lowest BCUT2D eigenvalue weighted by Gasteiger charge is -2.26. The van der Waals surface area contributed by atoms with Crippen LogP contribution in [0.15, 0.2) is 95.5 Å². The van der Waals surface area contributed by atoms with Crippen LogP contribution in [0, 0.1) is 6.92 Å². The third-order valence-electron chi connectivity index (χ3n) is 5.35. The van der Waals surface area contributed by atoms with Crippen LogP contribution in [0.5, 0.6) is 0 Å². The number of nitrogens with zero attached hydrogens (tertiary/aromatic N) is 2. The highest BCUT2D eigenvalue weighted by molar-refractivity contribution is 7.80. The van der Waals surface area contributed by atoms with Crippen LogP contribution in [0.25, 0.3) is 11.3 Å². The van der Waals surface area contributed by atoms with E-state index < -0.39 is 0 Å². The maximum atomic E-state index is 6.37. The molecule has 0 radical (unpaired) electrons. The van der Waals surface area contributed by atoms with Gasteiger partial charge in [0.05, 0.1) is 11.7 Å². The molecular formula is C25H21N3OS. The van der Waals surface area contributed by atoms with Crippen molar-refractivity contribution in [3.05, 3.63) is 108 Å². The first kappa shape index (κ1) is 18.6. The maximum absolute atomic E-state index is 6.37. The number of aryl methyl sites for hydroxylation is 1. The van der Waals surface area contributed by atoms with Gasteiger partial charge in [-0.1, -0.05) is 48.5 Å². The van der Waals surface area contributed by atoms with Gasteiger partial charge in [-0.15, -0.1) is 0 Å². The smallest absolute Gasteiger partial charge is 0.174 e. The molecule has 4 aromatic rings. The number of thiocarbonyl (C=S) groups is 1. The van der Waals surface area contributed by atoms with Gasteiger partial charge >= 0.3 is 0 Å². The number of furan rings is 1. The molecule has 1 saturated heterocycles. The Morgan fingerprint density at radius 1 is 0.933 bits per heavy atom. The molecule has 1 fully saturated rings. The lowest BCUT2D eigenvalue weighted by Crippen LogP contribution is -2.29. The fraction of sp³-hybridized carbons (Fsp3) is 0.120. The summed E-state index contributed by atoms with van der Waals surface area (Å²) >= 11 is 5.77. The first-order valence-corrected chi connectivity index (χ1v) is 10.3. The van der Waals surface area contributed by atoms with E-state index in [2.05, 4.69) is 58.5 Å². The number of hydrogen-bond acceptors (Lipinski definition) is 3. The average molecular weight is 412 g/mol. The van der Waals surface area contributed by atoms with E-state index in [0.717, 1.165) is 28.5 Å². The predicted molar refractivity (Wildman–Crippen MR) is 123 cm³/mol. The molecule has 0 bridgehead atoms. The van der Waals surface area contributed by atoms with Crippen LogP contribution in [0.1, 0.15) is 29.1 Å². The van der Waals surface area contributed by atoms with E-state index in [1.165, 1.54) is 5.56 Å². The average Bonchev–Trinajstić information content (AvgIpc) is 3.39. The maximum Gasteiger partial charge on any atom is 0.174 e. The van der Waals surface area contributed by atoms with Gasteiger partial charge in [0, 0.05) is 17.4 Å². The summed E-state index contributed by atoms with van der Waals surface area (Å²) in [5, 5.41) is 4.14. The summed E-state index contributed by atoms with van der Waals surface area (Å²) in [7, 11) is 0. The minimum atomic E-state index is -0.147. The second kappa shape index (κ2) is 7.76. The molecule has 0 unspecified atom stereocenters. The van der Waals surface area contributed by atoms with Crippen LogP contribution in [-0.4, -0.2) is 10.1 Å². The van der Waals surface area contributed by atoms with Crippen LogP contribution in [0.3, 0.4) is 0 Å². The standard InChI is InChI=1S/C25H21N3OS/c1-17-8-7-11-19(16-17)28-24(23(27-25(28)30)20-12-5-6-15-26-20)22-14-13-21(29-22)18-9-3-2-4-10-18/h2-16,23-24H,1H3,(H,27,30)/t23-,24-/m0/s1. The lowest BCUT2D eigenvalue weighted by molar-refractivity contribution is 0.439. The third kappa shape index (κ3) is 3.37. The van der Waals surface area contributed by atoms with Crippen LogP contribution >= 0.6 is 12.2 Å². The molecule has 5 rings (SSSR count). The lowest BCUT2D eigenvalue weighted by atomic mass is 10.0. The zero-order chi connectivity index (χ0) is 20.5. The van der Waals surface area contributed by atoms with Crippen molar-refractivity contribution in [2.24, 2.45) is 0 Å². The van der Waals surface area contributed by atoms with Crippen molar-refractivity contribution in [2.45, 2.75) is 19.0 Å². The first-order chi connectivity index (χ1) is 14.7. The molecule has 1 aliphatic rings. The number of anilines is 1. The van der Waals surface area contributed by atoms with Gasteiger partial charge in [0.1, 0.15) is 17.6 Å². The largest absolute Gasteiger partial charge is 0.459 e. The molecule has 0 saturated carbocycles. The summed E-state index contributed by atoms with van der Waals surface area (Å²) in [4.78, 5) is 6.73. The molecule has 1 N–H and O–H groups in total. The highest BCUT2D eigenvalue weighted by Crippen LogP contribution is 2.42. The van der Waals surface area contributed by atoms with Crippen molar-refractivity contribution in [1.82, 2.24) is 10.3 Å². The molecule has 0 spiro atoms. The Balaban J connectivity index is 1.61. The van der Waals surface area contributed by atoms with E-state index in [-0.39, 0.29) is 12.1 Å². The summed E-state index contributed by atoms with van der Waals surface area (Å²) in [6.07, 6.45) is 1.81. The van der Waals surface area contributed by atoms with Gasteiger partial charge in [-0.2, -0.15) is 0 Å². The number of pyridine rings is 1. The van der Waals surface area contributed by atoms with Gasteiger partial charge in [-0.05, 0) is 61.1 Å². The van der Waals surface area contributed by atoms with Crippen molar-refractivity contribution in [3.8, 4) is 11.3 Å². The van der Waals surface area contributed by atoms with Crippen molar-refractivity contribution >= 4 is 23.0 Å². The summed E-state index contributed by atoms with van der Waals surface area (Å²) in [6, 6.07) is 28.2. The van der Waals surface area contributed by atoms with E-state index in [1.54, 1.807) is 0 Å². The number of aromatic nitrogens is 1. The Kier molecular flexibility index (Phi) is 4.81. The first-order valence-electron chi connectivity index (χ1n) is 9.93. The highest BCUT2D eigenvalue weighted by Gasteiger charge is 2.42. The van der Waals surface area contributed by atoms with Crippen molar-refractivity contribution in [1.29, 1.82) is 0 Å². The topological polar surface area (TPSA) is 41.3 Å². The van der Waals surface area contributed by atoms with E-state index in [9.17, 15) is 0 Å². The fourth-order valence-electron chi connectivity index (χ4n) is 3.97. The van der Waals surface area contributed by atoms with Gasteiger partial charge in [0.2, 0.25) is 0 Å². The number of rotatable bonds is 4. The minimum absolute atomic E-state index is 0.117. The second-order valence-corrected chi connectivity index (χ2v) is 7.79. The fourth-order valence-corrected chi connectivity index (χ4v) is 4.31. The highest BCUT2D eigenvalue weighted by atomic mass is 32.1. The molecular weight excluding hydrogens is 390 g/mol. The summed E-state index contributed by atoms with van der Waals surface area (Å²) in [6.45, 7) is 2.09. The van der Waals surface area contributed by atoms with E-state index in [0.29, 0.717) is 5.11 Å². The van der Waals surface area contributed by atoms with Gasteiger partial charge in [0.25, 0.3) is 0 Å². The monoisotopic (exact) mass is 411 g/mol. The van der Waals surface area contributed by atoms with Crippen LogP contribution in [-0.2, 0) is 0 Å². The van der Waals surface area contributed by atoms with Crippen molar-refractivity contribution in [3.63, 3.8) is 0 Å². The zero-order valence-electron chi connectivity index (χ0n) is 16.5. The Morgan fingerprint density at radius 2 is 1.77 bits per heavy atom. The predicted octanol–water partition coefficient (Wildman–Crippen LogP) is 5.83. The normalized spacial score (nSPS) is 18.4. The van der Waals surface area contributed by atoms with E-state index in [4.69, 9.17) is 16.6 Å². The number of benzene rings is 2. The molecule has 1 aliphatic heterocycles. The Morgan fingerprint density at radius 3 is 2.53 bits per heavy atom. The zero-order valence-corrected chi connectivity index (χ0v) is 17.3. The molecule has 30 heavy (non-hydrogen) atoms. The Labute approximate surface area is 181 Å². The van der Waals surface area contributed by atoms with Gasteiger partial charge < -0.3 is 14.6 Å². The van der Waals surface area contributed by atoms with Gasteiger partial charge in [0.15, 0.2) is 5.11 Å². The van der Waals surface area contributed by atoms with Gasteiger partial charge in [-0.25, -0.2) is 0 Å². The SMILES string of the molecule is Cc1cccc(N2C(=S)N[C@@H](c3ccccn3)[C@@H]2c2ccc(-c3ccccc3)o2)c1. The van der Waals surface area contributed by atoms with Gasteiger partial charge in [-0.3, -0.25) is 4.98 Å². The molecule has 2 aromatic carbocycles. The summed E-state index contributed by atoms with van der Waals surface area (Å²) in [5.74, 6) is 1.69. The number of hydrogen-bond donors (Lipinski definition) is 1. The quantitative estimate of drug-likeness (QED) is 0.428. The van der Waals surface area contributed by atoms with Crippen molar-refractivity contribution < 1.29 is 4.42 Å². The molecule has 3 heterocycles. The minimum Gasteiger partial charge on any atom is -0.459 e. The molecule has 148 valence electrons. The molecule has 0 aliphatic carbocycles. The summed E-state index contributed by atoms with van der Waals surface area (Å²) < 4.78 is 6.37.